The maximum Gasteiger partial charge on any atom is 0.147 e. The van der Waals surface area contributed by atoms with Crippen molar-refractivity contribution in [2.45, 2.75) is 19.4 Å². The monoisotopic (exact) mass is 273 g/mol. The first kappa shape index (κ1) is 14.8. The molecule has 0 aliphatic rings. The average Bonchev–Trinajstić information content (AvgIpc) is 2.21. The number of rotatable bonds is 6. The van der Waals surface area contributed by atoms with Gasteiger partial charge < -0.3 is 15.5 Å². The van der Waals surface area contributed by atoms with Crippen molar-refractivity contribution in [3.05, 3.63) is 23.8 Å². The van der Waals surface area contributed by atoms with Crippen LogP contribution in [0.2, 0.25) is 0 Å². The van der Waals surface area contributed by atoms with E-state index < -0.39 is 9.84 Å². The Labute approximate surface area is 107 Å². The number of nitrogens with one attached hydrogen (secondary N) is 1. The molecular formula is C12H19NO4S. The van der Waals surface area contributed by atoms with E-state index in [1.165, 1.54) is 12.3 Å². The van der Waals surface area contributed by atoms with Crippen LogP contribution in [0.3, 0.4) is 0 Å². The molecule has 0 fully saturated rings. The summed E-state index contributed by atoms with van der Waals surface area (Å²) < 4.78 is 21.9. The molecular weight excluding hydrogens is 254 g/mol. The highest BCUT2D eigenvalue weighted by molar-refractivity contribution is 7.90. The van der Waals surface area contributed by atoms with Crippen LogP contribution in [0.5, 0.6) is 11.5 Å². The molecule has 1 aromatic carbocycles. The predicted molar refractivity (Wildman–Crippen MR) is 70.5 cm³/mol. The number of sulfone groups is 1. The first-order chi connectivity index (χ1) is 8.28. The summed E-state index contributed by atoms with van der Waals surface area (Å²) in [5.41, 5.74) is 0.756. The Morgan fingerprint density at radius 3 is 2.28 bits per heavy atom. The van der Waals surface area contributed by atoms with Crippen molar-refractivity contribution in [1.82, 2.24) is 5.32 Å². The number of aromatic hydroxyl groups is 2. The van der Waals surface area contributed by atoms with Gasteiger partial charge in [0.25, 0.3) is 0 Å². The standard InChI is InChI=1S/C12H19NO4S/c1-9(13-4-3-5-18(2,16)17)10-6-11(14)8-12(15)7-10/h6-9,13-15H,3-5H2,1-2H3. The van der Waals surface area contributed by atoms with E-state index in [1.54, 1.807) is 12.1 Å². The van der Waals surface area contributed by atoms with E-state index in [2.05, 4.69) is 5.32 Å². The Balaban J connectivity index is 2.48. The third-order valence-electron chi connectivity index (χ3n) is 2.57. The van der Waals surface area contributed by atoms with Crippen LogP contribution in [0.25, 0.3) is 0 Å². The highest BCUT2D eigenvalue weighted by Crippen LogP contribution is 2.24. The Morgan fingerprint density at radius 1 is 1.22 bits per heavy atom. The van der Waals surface area contributed by atoms with E-state index >= 15 is 0 Å². The largest absolute Gasteiger partial charge is 0.508 e. The predicted octanol–water partition coefficient (Wildman–Crippen LogP) is 1.18. The Bertz CT molecular complexity index is 479. The second-order valence-corrected chi connectivity index (χ2v) is 6.70. The van der Waals surface area contributed by atoms with Crippen molar-refractivity contribution in [1.29, 1.82) is 0 Å². The van der Waals surface area contributed by atoms with E-state index in [4.69, 9.17) is 0 Å². The van der Waals surface area contributed by atoms with E-state index in [9.17, 15) is 18.6 Å². The highest BCUT2D eigenvalue weighted by Gasteiger charge is 2.08. The first-order valence-corrected chi connectivity index (χ1v) is 7.78. The quantitative estimate of drug-likeness (QED) is 0.678. The molecule has 5 nitrogen and oxygen atoms in total. The number of phenolic OH excluding ortho intramolecular Hbond substituents is 2. The Morgan fingerprint density at radius 2 is 1.78 bits per heavy atom. The third kappa shape index (κ3) is 5.37. The average molecular weight is 273 g/mol. The molecule has 0 spiro atoms. The van der Waals surface area contributed by atoms with Crippen molar-refractivity contribution in [3.8, 4) is 11.5 Å². The van der Waals surface area contributed by atoms with Gasteiger partial charge in [-0.3, -0.25) is 0 Å². The summed E-state index contributed by atoms with van der Waals surface area (Å²) in [5.74, 6) is 0.169. The molecule has 6 heteroatoms. The molecule has 0 aliphatic heterocycles. The summed E-state index contributed by atoms with van der Waals surface area (Å²) in [6, 6.07) is 4.32. The molecule has 0 aliphatic carbocycles. The summed E-state index contributed by atoms with van der Waals surface area (Å²) in [6.07, 6.45) is 1.75. The molecule has 0 saturated heterocycles. The van der Waals surface area contributed by atoms with Crippen molar-refractivity contribution in [2.24, 2.45) is 0 Å². The fraction of sp³-hybridized carbons (Fsp3) is 0.500. The number of phenols is 2. The lowest BCUT2D eigenvalue weighted by atomic mass is 10.1. The van der Waals surface area contributed by atoms with Gasteiger partial charge in [-0.1, -0.05) is 0 Å². The first-order valence-electron chi connectivity index (χ1n) is 5.72. The molecule has 1 aromatic rings. The summed E-state index contributed by atoms with van der Waals surface area (Å²) >= 11 is 0. The smallest absolute Gasteiger partial charge is 0.147 e. The fourth-order valence-electron chi connectivity index (χ4n) is 1.64. The normalized spacial score (nSPS) is 13.4. The maximum absolute atomic E-state index is 10.9. The van der Waals surface area contributed by atoms with E-state index in [-0.39, 0.29) is 23.3 Å². The van der Waals surface area contributed by atoms with Crippen LogP contribution in [-0.2, 0) is 9.84 Å². The summed E-state index contributed by atoms with van der Waals surface area (Å²) in [4.78, 5) is 0. The Kier molecular flexibility index (Phi) is 4.98. The second kappa shape index (κ2) is 6.06. The molecule has 1 rings (SSSR count). The van der Waals surface area contributed by atoms with Crippen molar-refractivity contribution in [3.63, 3.8) is 0 Å². The van der Waals surface area contributed by atoms with Gasteiger partial charge in [0.15, 0.2) is 0 Å². The van der Waals surface area contributed by atoms with Gasteiger partial charge in [-0.05, 0) is 37.6 Å². The van der Waals surface area contributed by atoms with Gasteiger partial charge in [-0.15, -0.1) is 0 Å². The summed E-state index contributed by atoms with van der Waals surface area (Å²) in [7, 11) is -2.92. The second-order valence-electron chi connectivity index (χ2n) is 4.44. The summed E-state index contributed by atoms with van der Waals surface area (Å²) in [6.45, 7) is 2.44. The van der Waals surface area contributed by atoms with Crippen molar-refractivity contribution >= 4 is 9.84 Å². The van der Waals surface area contributed by atoms with Crippen molar-refractivity contribution < 1.29 is 18.6 Å². The van der Waals surface area contributed by atoms with Gasteiger partial charge in [-0.2, -0.15) is 0 Å². The van der Waals surface area contributed by atoms with Crippen LogP contribution in [0.1, 0.15) is 24.9 Å². The highest BCUT2D eigenvalue weighted by atomic mass is 32.2. The molecule has 0 radical (unpaired) electrons. The van der Waals surface area contributed by atoms with E-state index in [0.29, 0.717) is 13.0 Å². The molecule has 1 atom stereocenters. The minimum absolute atomic E-state index is 0.00906. The number of hydrogen-bond acceptors (Lipinski definition) is 5. The minimum Gasteiger partial charge on any atom is -0.508 e. The van der Waals surface area contributed by atoms with Gasteiger partial charge in [-0.25, -0.2) is 8.42 Å². The van der Waals surface area contributed by atoms with Crippen molar-refractivity contribution in [2.75, 3.05) is 18.6 Å². The zero-order valence-corrected chi connectivity index (χ0v) is 11.4. The van der Waals surface area contributed by atoms with E-state index in [0.717, 1.165) is 5.56 Å². The van der Waals surface area contributed by atoms with Crippen LogP contribution < -0.4 is 5.32 Å². The number of hydrogen-bond donors (Lipinski definition) is 3. The lowest BCUT2D eigenvalue weighted by molar-refractivity contribution is 0.446. The number of benzene rings is 1. The van der Waals surface area contributed by atoms with Gasteiger partial charge >= 0.3 is 0 Å². The summed E-state index contributed by atoms with van der Waals surface area (Å²) in [5, 5.41) is 21.8. The molecule has 0 aromatic heterocycles. The zero-order chi connectivity index (χ0) is 13.8. The Hall–Kier alpha value is -1.27. The minimum atomic E-state index is -2.92. The topological polar surface area (TPSA) is 86.6 Å². The molecule has 0 saturated carbocycles. The van der Waals surface area contributed by atoms with Gasteiger partial charge in [0.2, 0.25) is 0 Å². The van der Waals surface area contributed by atoms with Gasteiger partial charge in [0.05, 0.1) is 5.75 Å². The van der Waals surface area contributed by atoms with Crippen LogP contribution in [0, 0.1) is 0 Å². The SMILES string of the molecule is CC(NCCCS(C)(=O)=O)c1cc(O)cc(O)c1. The van der Waals surface area contributed by atoms with Crippen LogP contribution >= 0.6 is 0 Å². The van der Waals surface area contributed by atoms with Gasteiger partial charge in [0.1, 0.15) is 21.3 Å². The molecule has 102 valence electrons. The maximum atomic E-state index is 10.9. The fourth-order valence-corrected chi connectivity index (χ4v) is 2.31. The van der Waals surface area contributed by atoms with Crippen LogP contribution in [0.4, 0.5) is 0 Å². The molecule has 18 heavy (non-hydrogen) atoms. The molecule has 1 unspecified atom stereocenters. The molecule has 0 heterocycles. The lowest BCUT2D eigenvalue weighted by Gasteiger charge is -2.14. The molecule has 0 amide bonds. The van der Waals surface area contributed by atoms with E-state index in [1.807, 2.05) is 6.92 Å². The zero-order valence-electron chi connectivity index (χ0n) is 10.5. The molecule has 3 N–H and O–H groups in total. The van der Waals surface area contributed by atoms with Gasteiger partial charge in [0, 0.05) is 18.4 Å². The van der Waals surface area contributed by atoms with Crippen LogP contribution in [-0.4, -0.2) is 37.2 Å². The lowest BCUT2D eigenvalue weighted by Crippen LogP contribution is -2.21. The third-order valence-corrected chi connectivity index (χ3v) is 3.60. The molecule has 0 bridgehead atoms. The van der Waals surface area contributed by atoms with Crippen LogP contribution in [0.15, 0.2) is 18.2 Å².